The molecule has 164 valence electrons. The molecule has 0 bridgehead atoms. The van der Waals surface area contributed by atoms with Crippen LogP contribution in [0, 0.1) is 0 Å². The standard InChI is InChI=1S/C25H22N6O2/c1-30-24-22(15-27-30)21(12-23(29-24)18-8-10-20(33-2)11-9-18)25(32)26-13-17-14-28-31(16-17)19-6-4-3-5-7-19/h3-12,14-16H,13H2,1-2H3,(H,26,32). The Balaban J connectivity index is 1.41. The van der Waals surface area contributed by atoms with Crippen LogP contribution in [-0.2, 0) is 13.6 Å². The highest BCUT2D eigenvalue weighted by molar-refractivity contribution is 6.06. The predicted molar refractivity (Wildman–Crippen MR) is 125 cm³/mol. The van der Waals surface area contributed by atoms with Gasteiger partial charge in [0.25, 0.3) is 5.91 Å². The summed E-state index contributed by atoms with van der Waals surface area (Å²) in [6.45, 7) is 0.355. The van der Waals surface area contributed by atoms with Gasteiger partial charge in [-0.15, -0.1) is 0 Å². The van der Waals surface area contributed by atoms with E-state index >= 15 is 0 Å². The van der Waals surface area contributed by atoms with Crippen molar-refractivity contribution in [1.82, 2.24) is 29.9 Å². The van der Waals surface area contributed by atoms with Crippen LogP contribution < -0.4 is 10.1 Å². The van der Waals surface area contributed by atoms with Crippen molar-refractivity contribution in [2.75, 3.05) is 7.11 Å². The number of methoxy groups -OCH3 is 1. The van der Waals surface area contributed by atoms with Gasteiger partial charge in [0.05, 0.1) is 41.8 Å². The van der Waals surface area contributed by atoms with E-state index in [2.05, 4.69) is 15.5 Å². The Morgan fingerprint density at radius 1 is 1.03 bits per heavy atom. The Morgan fingerprint density at radius 2 is 1.82 bits per heavy atom. The molecule has 2 aromatic carbocycles. The third-order valence-corrected chi connectivity index (χ3v) is 5.45. The van der Waals surface area contributed by atoms with Gasteiger partial charge in [0.15, 0.2) is 5.65 Å². The van der Waals surface area contributed by atoms with Crippen molar-refractivity contribution in [3.05, 3.63) is 90.4 Å². The molecule has 0 fully saturated rings. The summed E-state index contributed by atoms with van der Waals surface area (Å²) in [7, 11) is 3.44. The number of ether oxygens (including phenoxy) is 1. The maximum absolute atomic E-state index is 13.2. The highest BCUT2D eigenvalue weighted by atomic mass is 16.5. The second kappa shape index (κ2) is 8.58. The first-order valence-electron chi connectivity index (χ1n) is 10.5. The minimum Gasteiger partial charge on any atom is -0.497 e. The summed E-state index contributed by atoms with van der Waals surface area (Å²) in [6, 6.07) is 19.2. The highest BCUT2D eigenvalue weighted by Crippen LogP contribution is 2.26. The van der Waals surface area contributed by atoms with Crippen LogP contribution in [0.25, 0.3) is 28.0 Å². The Labute approximate surface area is 190 Å². The van der Waals surface area contributed by atoms with Crippen molar-refractivity contribution in [2.45, 2.75) is 6.54 Å². The van der Waals surface area contributed by atoms with Gasteiger partial charge >= 0.3 is 0 Å². The largest absolute Gasteiger partial charge is 0.497 e. The monoisotopic (exact) mass is 438 g/mol. The summed E-state index contributed by atoms with van der Waals surface area (Å²) >= 11 is 0. The number of pyridine rings is 1. The Morgan fingerprint density at radius 3 is 2.58 bits per heavy atom. The zero-order valence-corrected chi connectivity index (χ0v) is 18.3. The topological polar surface area (TPSA) is 86.9 Å². The molecule has 3 aromatic heterocycles. The van der Waals surface area contributed by atoms with Crippen LogP contribution in [0.4, 0.5) is 0 Å². The molecule has 0 saturated heterocycles. The molecular formula is C25H22N6O2. The molecule has 5 rings (SSSR count). The number of hydrogen-bond acceptors (Lipinski definition) is 5. The molecule has 0 aliphatic carbocycles. The maximum Gasteiger partial charge on any atom is 0.252 e. The lowest BCUT2D eigenvalue weighted by molar-refractivity contribution is 0.0952. The quantitative estimate of drug-likeness (QED) is 0.436. The van der Waals surface area contributed by atoms with Crippen LogP contribution in [0.3, 0.4) is 0 Å². The smallest absolute Gasteiger partial charge is 0.252 e. The van der Waals surface area contributed by atoms with Gasteiger partial charge in [-0.25, -0.2) is 9.67 Å². The molecular weight excluding hydrogens is 416 g/mol. The number of carbonyl (C=O) groups excluding carboxylic acids is 1. The first kappa shape index (κ1) is 20.4. The summed E-state index contributed by atoms with van der Waals surface area (Å²) in [6.07, 6.45) is 5.33. The number of fused-ring (bicyclic) bond motifs is 1. The van der Waals surface area contributed by atoms with Crippen LogP contribution >= 0.6 is 0 Å². The second-order valence-corrected chi connectivity index (χ2v) is 7.60. The molecule has 0 spiro atoms. The lowest BCUT2D eigenvalue weighted by Gasteiger charge is -2.09. The number of para-hydroxylation sites is 1. The minimum atomic E-state index is -0.197. The first-order chi connectivity index (χ1) is 16.1. The van der Waals surface area contributed by atoms with Gasteiger partial charge in [0.2, 0.25) is 0 Å². The third-order valence-electron chi connectivity index (χ3n) is 5.45. The van der Waals surface area contributed by atoms with Gasteiger partial charge in [-0.05, 0) is 42.5 Å². The van der Waals surface area contributed by atoms with E-state index in [-0.39, 0.29) is 5.91 Å². The van der Waals surface area contributed by atoms with E-state index in [9.17, 15) is 4.79 Å². The molecule has 5 aromatic rings. The summed E-state index contributed by atoms with van der Waals surface area (Å²) in [5.74, 6) is 0.562. The Hall–Kier alpha value is -4.46. The molecule has 0 unspecified atom stereocenters. The average Bonchev–Trinajstić information content (AvgIpc) is 3.49. The number of hydrogen-bond donors (Lipinski definition) is 1. The van der Waals surface area contributed by atoms with E-state index < -0.39 is 0 Å². The molecule has 0 radical (unpaired) electrons. The van der Waals surface area contributed by atoms with E-state index in [1.165, 1.54) is 0 Å². The molecule has 1 amide bonds. The molecule has 0 saturated carbocycles. The SMILES string of the molecule is COc1ccc(-c2cc(C(=O)NCc3cnn(-c4ccccc4)c3)c3cnn(C)c3n2)cc1. The molecule has 0 aliphatic heterocycles. The average molecular weight is 438 g/mol. The summed E-state index contributed by atoms with van der Waals surface area (Å²) in [4.78, 5) is 17.9. The van der Waals surface area contributed by atoms with E-state index in [1.54, 1.807) is 34.9 Å². The molecule has 1 N–H and O–H groups in total. The van der Waals surface area contributed by atoms with Gasteiger partial charge in [-0.2, -0.15) is 10.2 Å². The third kappa shape index (κ3) is 4.06. The molecule has 0 aliphatic rings. The number of aryl methyl sites for hydroxylation is 1. The summed E-state index contributed by atoms with van der Waals surface area (Å²) in [5.41, 5.74) is 4.61. The van der Waals surface area contributed by atoms with Crippen LogP contribution in [-0.4, -0.2) is 37.6 Å². The fourth-order valence-electron chi connectivity index (χ4n) is 3.66. The highest BCUT2D eigenvalue weighted by Gasteiger charge is 2.17. The van der Waals surface area contributed by atoms with Crippen molar-refractivity contribution >= 4 is 16.9 Å². The van der Waals surface area contributed by atoms with E-state index in [0.29, 0.717) is 28.8 Å². The number of benzene rings is 2. The zero-order chi connectivity index (χ0) is 22.8. The molecule has 8 nitrogen and oxygen atoms in total. The normalized spacial score (nSPS) is 11.0. The van der Waals surface area contributed by atoms with Crippen molar-refractivity contribution in [3.63, 3.8) is 0 Å². The van der Waals surface area contributed by atoms with E-state index in [1.807, 2.05) is 67.8 Å². The van der Waals surface area contributed by atoms with Crippen molar-refractivity contribution in [3.8, 4) is 22.7 Å². The maximum atomic E-state index is 13.2. The second-order valence-electron chi connectivity index (χ2n) is 7.60. The lowest BCUT2D eigenvalue weighted by Crippen LogP contribution is -2.23. The summed E-state index contributed by atoms with van der Waals surface area (Å²) in [5, 5.41) is 12.4. The number of nitrogens with one attached hydrogen (secondary N) is 1. The van der Waals surface area contributed by atoms with Crippen LogP contribution in [0.1, 0.15) is 15.9 Å². The summed E-state index contributed by atoms with van der Waals surface area (Å²) < 4.78 is 8.70. The first-order valence-corrected chi connectivity index (χ1v) is 10.5. The number of amides is 1. The predicted octanol–water partition coefficient (Wildman–Crippen LogP) is 3.76. The number of nitrogens with zero attached hydrogens (tertiary/aromatic N) is 5. The fraction of sp³-hybridized carbons (Fsp3) is 0.120. The molecule has 8 heteroatoms. The van der Waals surface area contributed by atoms with E-state index in [4.69, 9.17) is 9.72 Å². The zero-order valence-electron chi connectivity index (χ0n) is 18.3. The van der Waals surface area contributed by atoms with Crippen molar-refractivity contribution in [1.29, 1.82) is 0 Å². The van der Waals surface area contributed by atoms with Gasteiger partial charge in [-0.3, -0.25) is 9.48 Å². The number of aromatic nitrogens is 5. The van der Waals surface area contributed by atoms with Gasteiger partial charge in [0, 0.05) is 30.9 Å². The van der Waals surface area contributed by atoms with Crippen molar-refractivity contribution in [2.24, 2.45) is 7.05 Å². The Bertz CT molecular complexity index is 1420. The van der Waals surface area contributed by atoms with Gasteiger partial charge in [-0.1, -0.05) is 18.2 Å². The minimum absolute atomic E-state index is 0.197. The molecule has 0 atom stereocenters. The van der Waals surface area contributed by atoms with E-state index in [0.717, 1.165) is 22.6 Å². The molecule has 3 heterocycles. The van der Waals surface area contributed by atoms with Gasteiger partial charge in [0.1, 0.15) is 5.75 Å². The van der Waals surface area contributed by atoms with Crippen LogP contribution in [0.5, 0.6) is 5.75 Å². The number of rotatable bonds is 6. The fourth-order valence-corrected chi connectivity index (χ4v) is 3.66. The van der Waals surface area contributed by atoms with Crippen molar-refractivity contribution < 1.29 is 9.53 Å². The Kier molecular flexibility index (Phi) is 5.32. The number of carbonyl (C=O) groups is 1. The lowest BCUT2D eigenvalue weighted by atomic mass is 10.1. The van der Waals surface area contributed by atoms with Crippen LogP contribution in [0.15, 0.2) is 79.3 Å². The van der Waals surface area contributed by atoms with Gasteiger partial charge < -0.3 is 10.1 Å². The van der Waals surface area contributed by atoms with Crippen LogP contribution in [0.2, 0.25) is 0 Å². The molecule has 33 heavy (non-hydrogen) atoms.